The largest absolute Gasteiger partial charge is 0.494 e. The number of carbonyl (C=O) groups excluding carboxylic acids is 2. The number of esters is 2. The summed E-state index contributed by atoms with van der Waals surface area (Å²) in [5.74, 6) is 1.18. The van der Waals surface area contributed by atoms with Crippen molar-refractivity contribution < 1.29 is 28.5 Å². The third-order valence-corrected chi connectivity index (χ3v) is 6.33. The van der Waals surface area contributed by atoms with Gasteiger partial charge in [0.15, 0.2) is 0 Å². The molecule has 0 aliphatic rings. The zero-order chi connectivity index (χ0) is 28.6. The number of hydrogen-bond acceptors (Lipinski definition) is 6. The summed E-state index contributed by atoms with van der Waals surface area (Å²) in [6.07, 6.45) is 10.6. The standard InChI is InChI=1S/C34H40O6/c1-4-7-9-11-23-37-28-14-18-30(19-15-28)39-33(35)27-13-22-32(26(6-3)25-27)34(36)40-31-20-16-29(17-21-31)38-24-12-10-8-5-2/h6,13-22,25H,3-5,7-12,23-24H2,1-2H3. The van der Waals surface area contributed by atoms with E-state index in [0.29, 0.717) is 41.4 Å². The van der Waals surface area contributed by atoms with Crippen LogP contribution in [-0.4, -0.2) is 25.2 Å². The van der Waals surface area contributed by atoms with E-state index in [1.54, 1.807) is 60.7 Å². The van der Waals surface area contributed by atoms with Crippen LogP contribution in [0.3, 0.4) is 0 Å². The minimum absolute atomic E-state index is 0.295. The molecule has 0 heterocycles. The third-order valence-electron chi connectivity index (χ3n) is 6.33. The van der Waals surface area contributed by atoms with E-state index >= 15 is 0 Å². The Labute approximate surface area is 237 Å². The van der Waals surface area contributed by atoms with E-state index in [-0.39, 0.29) is 0 Å². The summed E-state index contributed by atoms with van der Waals surface area (Å²) in [5.41, 5.74) is 1.06. The van der Waals surface area contributed by atoms with E-state index in [0.717, 1.165) is 37.2 Å². The highest BCUT2D eigenvalue weighted by Gasteiger charge is 2.17. The molecule has 0 unspecified atom stereocenters. The first-order chi connectivity index (χ1) is 19.5. The van der Waals surface area contributed by atoms with Crippen molar-refractivity contribution in [2.24, 2.45) is 0 Å². The lowest BCUT2D eigenvalue weighted by atomic mass is 10.0. The molecule has 6 nitrogen and oxygen atoms in total. The first-order valence-electron chi connectivity index (χ1n) is 14.2. The molecule has 3 rings (SSSR count). The van der Waals surface area contributed by atoms with Gasteiger partial charge in [0.25, 0.3) is 0 Å². The summed E-state index contributed by atoms with van der Waals surface area (Å²) >= 11 is 0. The van der Waals surface area contributed by atoms with Crippen LogP contribution in [0.5, 0.6) is 23.0 Å². The SMILES string of the molecule is C=Cc1cc(C(=O)Oc2ccc(OCCCCCC)cc2)ccc1C(=O)Oc1ccc(OCCCCCC)cc1. The molecule has 0 bridgehead atoms. The maximum Gasteiger partial charge on any atom is 0.344 e. The molecule has 0 atom stereocenters. The summed E-state index contributed by atoms with van der Waals surface area (Å²) in [7, 11) is 0. The third kappa shape index (κ3) is 9.92. The zero-order valence-corrected chi connectivity index (χ0v) is 23.7. The van der Waals surface area contributed by atoms with E-state index in [1.807, 2.05) is 0 Å². The molecule has 0 aromatic heterocycles. The maximum absolute atomic E-state index is 12.9. The molecular weight excluding hydrogens is 504 g/mol. The van der Waals surface area contributed by atoms with Gasteiger partial charge in [-0.3, -0.25) is 0 Å². The maximum atomic E-state index is 12.9. The van der Waals surface area contributed by atoms with Gasteiger partial charge in [0, 0.05) is 0 Å². The van der Waals surface area contributed by atoms with Crippen molar-refractivity contribution in [1.29, 1.82) is 0 Å². The van der Waals surface area contributed by atoms with Crippen molar-refractivity contribution in [2.45, 2.75) is 65.2 Å². The Balaban J connectivity index is 1.54. The van der Waals surface area contributed by atoms with E-state index in [2.05, 4.69) is 20.4 Å². The summed E-state index contributed by atoms with van der Waals surface area (Å²) < 4.78 is 22.5. The molecular formula is C34H40O6. The fourth-order valence-electron chi connectivity index (χ4n) is 4.02. The van der Waals surface area contributed by atoms with Crippen LogP contribution in [-0.2, 0) is 0 Å². The van der Waals surface area contributed by atoms with Crippen LogP contribution in [0, 0.1) is 0 Å². The summed E-state index contributed by atoms with van der Waals surface area (Å²) in [6.45, 7) is 9.46. The second-order valence-electron chi connectivity index (χ2n) is 9.55. The topological polar surface area (TPSA) is 71.1 Å². The zero-order valence-electron chi connectivity index (χ0n) is 23.7. The van der Waals surface area contributed by atoms with Crippen LogP contribution in [0.15, 0.2) is 73.3 Å². The van der Waals surface area contributed by atoms with Gasteiger partial charge >= 0.3 is 11.9 Å². The predicted octanol–water partition coefficient (Wildman–Crippen LogP) is 8.69. The Bertz CT molecular complexity index is 1210. The first-order valence-corrected chi connectivity index (χ1v) is 14.2. The number of benzene rings is 3. The van der Waals surface area contributed by atoms with Gasteiger partial charge in [-0.05, 0) is 85.1 Å². The van der Waals surface area contributed by atoms with Crippen molar-refractivity contribution >= 4 is 18.0 Å². The van der Waals surface area contributed by atoms with Crippen LogP contribution in [0.2, 0.25) is 0 Å². The summed E-state index contributed by atoms with van der Waals surface area (Å²) in [4.78, 5) is 25.6. The Kier molecular flexibility index (Phi) is 12.8. The fraction of sp³-hybridized carbons (Fsp3) is 0.353. The molecule has 3 aromatic carbocycles. The summed E-state index contributed by atoms with van der Waals surface area (Å²) in [5, 5.41) is 0. The van der Waals surface area contributed by atoms with Gasteiger partial charge < -0.3 is 18.9 Å². The molecule has 0 saturated carbocycles. The lowest BCUT2D eigenvalue weighted by molar-refractivity contribution is 0.0720. The monoisotopic (exact) mass is 544 g/mol. The van der Waals surface area contributed by atoms with Crippen molar-refractivity contribution in [3.8, 4) is 23.0 Å². The van der Waals surface area contributed by atoms with Gasteiger partial charge in [-0.1, -0.05) is 65.0 Å². The van der Waals surface area contributed by atoms with Gasteiger partial charge in [-0.15, -0.1) is 0 Å². The molecule has 3 aromatic rings. The van der Waals surface area contributed by atoms with E-state index in [4.69, 9.17) is 18.9 Å². The van der Waals surface area contributed by atoms with Crippen LogP contribution in [0.25, 0.3) is 6.08 Å². The first kappa shape index (κ1) is 30.5. The number of rotatable bonds is 17. The van der Waals surface area contributed by atoms with Crippen LogP contribution >= 0.6 is 0 Å². The van der Waals surface area contributed by atoms with Crippen LogP contribution in [0.4, 0.5) is 0 Å². The van der Waals surface area contributed by atoms with E-state index in [1.165, 1.54) is 37.8 Å². The van der Waals surface area contributed by atoms with E-state index < -0.39 is 11.9 Å². The highest BCUT2D eigenvalue weighted by atomic mass is 16.5. The number of carbonyl (C=O) groups is 2. The van der Waals surface area contributed by atoms with Crippen LogP contribution in [0.1, 0.15) is 91.5 Å². The molecule has 0 aliphatic heterocycles. The Morgan fingerprint density at radius 3 is 1.57 bits per heavy atom. The van der Waals surface area contributed by atoms with E-state index in [9.17, 15) is 9.59 Å². The lowest BCUT2D eigenvalue weighted by Gasteiger charge is -2.11. The highest BCUT2D eigenvalue weighted by molar-refractivity contribution is 5.98. The Morgan fingerprint density at radius 1 is 0.625 bits per heavy atom. The molecule has 0 saturated heterocycles. The predicted molar refractivity (Wildman–Crippen MR) is 159 cm³/mol. The number of unbranched alkanes of at least 4 members (excludes halogenated alkanes) is 6. The molecule has 212 valence electrons. The van der Waals surface area contributed by atoms with Crippen molar-refractivity contribution in [3.63, 3.8) is 0 Å². The lowest BCUT2D eigenvalue weighted by Crippen LogP contribution is -2.13. The second kappa shape index (κ2) is 16.8. The van der Waals surface area contributed by atoms with Crippen LogP contribution < -0.4 is 18.9 Å². The number of hydrogen-bond donors (Lipinski definition) is 0. The smallest absolute Gasteiger partial charge is 0.344 e. The molecule has 0 spiro atoms. The molecule has 0 aliphatic carbocycles. The van der Waals surface area contributed by atoms with Gasteiger partial charge in [0.2, 0.25) is 0 Å². The average molecular weight is 545 g/mol. The van der Waals surface area contributed by atoms with Gasteiger partial charge in [0.05, 0.1) is 24.3 Å². The van der Waals surface area contributed by atoms with Gasteiger partial charge in [0.1, 0.15) is 23.0 Å². The Morgan fingerprint density at radius 2 is 1.10 bits per heavy atom. The molecule has 0 N–H and O–H groups in total. The average Bonchev–Trinajstić information content (AvgIpc) is 2.98. The highest BCUT2D eigenvalue weighted by Crippen LogP contribution is 2.23. The van der Waals surface area contributed by atoms with Gasteiger partial charge in [-0.2, -0.15) is 0 Å². The minimum atomic E-state index is -0.548. The molecule has 0 fully saturated rings. The summed E-state index contributed by atoms with van der Waals surface area (Å²) in [6, 6.07) is 18.5. The quantitative estimate of drug-likeness (QED) is 0.0962. The Hall–Kier alpha value is -4.06. The molecule has 6 heteroatoms. The minimum Gasteiger partial charge on any atom is -0.494 e. The normalized spacial score (nSPS) is 10.6. The number of ether oxygens (including phenoxy) is 4. The van der Waals surface area contributed by atoms with Crippen molar-refractivity contribution in [3.05, 3.63) is 90.0 Å². The molecule has 40 heavy (non-hydrogen) atoms. The van der Waals surface area contributed by atoms with Crippen molar-refractivity contribution in [2.75, 3.05) is 13.2 Å². The molecule has 0 radical (unpaired) electrons. The molecule has 0 amide bonds. The fourth-order valence-corrected chi connectivity index (χ4v) is 4.02. The van der Waals surface area contributed by atoms with Gasteiger partial charge in [-0.25, -0.2) is 9.59 Å². The second-order valence-corrected chi connectivity index (χ2v) is 9.55. The van der Waals surface area contributed by atoms with Crippen molar-refractivity contribution in [1.82, 2.24) is 0 Å².